The summed E-state index contributed by atoms with van der Waals surface area (Å²) in [6.07, 6.45) is 3.66. The molecule has 11 nitrogen and oxygen atoms in total. The maximum atomic E-state index is 14.0. The first-order valence-electron chi connectivity index (χ1n) is 16.3. The minimum atomic E-state index is -1.17. The number of aromatic hydroxyl groups is 1. The van der Waals surface area contributed by atoms with Gasteiger partial charge in [-0.2, -0.15) is 0 Å². The lowest BCUT2D eigenvalue weighted by Gasteiger charge is -2.44. The summed E-state index contributed by atoms with van der Waals surface area (Å²) in [6, 6.07) is 14.7. The molecule has 0 spiro atoms. The average Bonchev–Trinajstić information content (AvgIpc) is 3.11. The number of piperidine rings is 3. The number of amides is 1. The number of aromatic carboxylic acids is 1. The van der Waals surface area contributed by atoms with Crippen molar-refractivity contribution in [1.82, 2.24) is 4.90 Å². The van der Waals surface area contributed by atoms with E-state index >= 15 is 0 Å². The zero-order valence-electron chi connectivity index (χ0n) is 27.9. The van der Waals surface area contributed by atoms with Crippen molar-refractivity contribution in [3.8, 4) is 17.2 Å². The van der Waals surface area contributed by atoms with Gasteiger partial charge in [0.15, 0.2) is 11.5 Å². The van der Waals surface area contributed by atoms with Crippen LogP contribution in [0.25, 0.3) is 0 Å². The van der Waals surface area contributed by atoms with E-state index in [1.165, 1.54) is 43.6 Å². The molecule has 0 aliphatic carbocycles. The fourth-order valence-electron chi connectivity index (χ4n) is 6.99. The number of fused-ring (bicyclic) bond motifs is 3. The van der Waals surface area contributed by atoms with Gasteiger partial charge < -0.3 is 24.4 Å². The number of benzene rings is 3. The Bertz CT molecular complexity index is 1930. The number of phenolic OH excluding ortho intramolecular Hbond substituents is 1. The quantitative estimate of drug-likeness (QED) is 0.107. The third kappa shape index (κ3) is 7.77. The molecule has 3 aromatic carbocycles. The Labute approximate surface area is 310 Å². The van der Waals surface area contributed by atoms with Crippen molar-refractivity contribution in [3.63, 3.8) is 0 Å². The van der Waals surface area contributed by atoms with Gasteiger partial charge in [-0.15, -0.1) is 0 Å². The Morgan fingerprint density at radius 3 is 2.31 bits per heavy atom. The smallest absolute Gasteiger partial charge is 0.414 e. The zero-order valence-corrected chi connectivity index (χ0v) is 30.2. The number of carboxylic acids is 1. The Morgan fingerprint density at radius 2 is 1.69 bits per heavy atom. The van der Waals surface area contributed by atoms with Crippen LogP contribution in [0.1, 0.15) is 51.4 Å². The molecule has 0 saturated carbocycles. The summed E-state index contributed by atoms with van der Waals surface area (Å²) < 4.78 is 17.9. The van der Waals surface area contributed by atoms with E-state index in [0.29, 0.717) is 40.3 Å². The van der Waals surface area contributed by atoms with Crippen LogP contribution in [-0.2, 0) is 17.7 Å². The Balaban J connectivity index is 1.44. The monoisotopic (exact) mass is 756 g/mol. The molecule has 0 radical (unpaired) electrons. The number of carbonyl (C=O) groups excluding carboxylic acids is 1. The van der Waals surface area contributed by atoms with Crippen LogP contribution in [-0.4, -0.2) is 72.3 Å². The van der Waals surface area contributed by atoms with Crippen LogP contribution < -0.4 is 19.1 Å². The largest absolute Gasteiger partial charge is 0.506 e. The number of anilines is 1. The van der Waals surface area contributed by atoms with Crippen molar-refractivity contribution >= 4 is 52.6 Å². The van der Waals surface area contributed by atoms with Crippen molar-refractivity contribution in [2.24, 2.45) is 5.92 Å². The summed E-state index contributed by atoms with van der Waals surface area (Å²) in [5.41, 5.74) is 2.34. The van der Waals surface area contributed by atoms with E-state index in [4.69, 9.17) is 49.0 Å². The summed E-state index contributed by atoms with van der Waals surface area (Å²) in [6.45, 7) is 2.52. The lowest BCUT2D eigenvalue weighted by Crippen LogP contribution is -2.53. The minimum absolute atomic E-state index is 0.00993. The summed E-state index contributed by atoms with van der Waals surface area (Å²) >= 11 is 19.7. The molecule has 51 heavy (non-hydrogen) atoms. The van der Waals surface area contributed by atoms with Gasteiger partial charge in [-0.25, -0.2) is 9.59 Å². The predicted molar refractivity (Wildman–Crippen MR) is 191 cm³/mol. The maximum Gasteiger partial charge on any atom is 0.414 e. The summed E-state index contributed by atoms with van der Waals surface area (Å²) in [4.78, 5) is 30.4. The normalized spacial score (nSPS) is 18.6. The lowest BCUT2D eigenvalue weighted by molar-refractivity contribution is -0.904. The highest BCUT2D eigenvalue weighted by Crippen LogP contribution is 2.40. The number of rotatable bonds is 11. The zero-order chi connectivity index (χ0) is 36.4. The fraction of sp³-hybridized carbons (Fsp3) is 0.324. The van der Waals surface area contributed by atoms with Gasteiger partial charge in [-0.1, -0.05) is 59.1 Å². The van der Waals surface area contributed by atoms with Crippen molar-refractivity contribution in [3.05, 3.63) is 110 Å². The number of aromatic nitrogens is 1. The molecule has 0 unspecified atom stereocenters. The summed E-state index contributed by atoms with van der Waals surface area (Å²) in [5.74, 6) is -0.893. The van der Waals surface area contributed by atoms with Crippen LogP contribution >= 0.6 is 34.8 Å². The third-order valence-electron chi connectivity index (χ3n) is 9.67. The summed E-state index contributed by atoms with van der Waals surface area (Å²) in [7, 11) is 3.02. The van der Waals surface area contributed by atoms with Crippen molar-refractivity contribution in [2.75, 3.05) is 38.8 Å². The highest BCUT2D eigenvalue weighted by atomic mass is 35.5. The van der Waals surface area contributed by atoms with Crippen LogP contribution in [0.2, 0.25) is 15.1 Å². The number of hydrogen-bond donors (Lipinski definition) is 3. The number of ether oxygens (including phenoxy) is 3. The van der Waals surface area contributed by atoms with E-state index in [0.717, 1.165) is 30.7 Å². The molecular weight excluding hydrogens is 721 g/mol. The van der Waals surface area contributed by atoms with Crippen molar-refractivity contribution in [2.45, 2.75) is 37.8 Å². The van der Waals surface area contributed by atoms with Gasteiger partial charge in [0.05, 0.1) is 32.0 Å². The van der Waals surface area contributed by atoms with Gasteiger partial charge in [-0.05, 0) is 85.3 Å². The second kappa shape index (κ2) is 15.4. The van der Waals surface area contributed by atoms with Gasteiger partial charge in [0.2, 0.25) is 12.4 Å². The highest BCUT2D eigenvalue weighted by molar-refractivity contribution is 6.35. The van der Waals surface area contributed by atoms with E-state index in [1.807, 2.05) is 0 Å². The topological polar surface area (TPSA) is 133 Å². The van der Waals surface area contributed by atoms with Crippen LogP contribution in [0.4, 0.5) is 10.5 Å². The molecule has 3 aliphatic rings. The molecule has 1 amide bonds. The van der Waals surface area contributed by atoms with E-state index in [2.05, 4.69) is 4.90 Å². The van der Waals surface area contributed by atoms with Crippen LogP contribution in [0.5, 0.6) is 17.2 Å². The van der Waals surface area contributed by atoms with E-state index in [1.54, 1.807) is 42.5 Å². The van der Waals surface area contributed by atoms with E-state index < -0.39 is 18.0 Å². The molecule has 3 saturated heterocycles. The average molecular weight is 758 g/mol. The molecule has 14 heteroatoms. The number of methoxy groups -OCH3 is 2. The molecular formula is C37H37Cl3N3O8+. The van der Waals surface area contributed by atoms with Gasteiger partial charge in [-0.3, -0.25) is 15.0 Å². The molecule has 1 aromatic heterocycles. The number of pyridine rings is 1. The Kier molecular flexibility index (Phi) is 11.0. The molecule has 4 aromatic rings. The molecule has 2 atom stereocenters. The summed E-state index contributed by atoms with van der Waals surface area (Å²) in [5, 5.41) is 31.3. The molecule has 2 bridgehead atoms. The minimum Gasteiger partial charge on any atom is -0.506 e. The van der Waals surface area contributed by atoms with Gasteiger partial charge >= 0.3 is 12.1 Å². The first kappa shape index (κ1) is 36.4. The van der Waals surface area contributed by atoms with E-state index in [9.17, 15) is 25.0 Å². The number of carbonyl (C=O) groups is 2. The third-order valence-corrected chi connectivity index (χ3v) is 10.7. The number of phenols is 1. The van der Waals surface area contributed by atoms with Gasteiger partial charge in [0.25, 0.3) is 0 Å². The first-order valence-corrected chi connectivity index (χ1v) is 17.4. The number of halogens is 3. The Hall–Kier alpha value is -4.42. The highest BCUT2D eigenvalue weighted by Gasteiger charge is 2.38. The molecule has 3 N–H and O–H groups in total. The standard InChI is InChI=1S/C37H36Cl3N3O8/c1-49-32-9-7-23(15-33(32)50-2)25(16-27-28(38)18-42(48)19-29(27)39)26-14-21(6-8-24(26)36(45)46)17-43(30-4-3-5-31(44)35(30)40)37(47)51-34-20-41-12-10-22(34)11-13-41/h3-9,14-15,18-19,22,25,34H,10-13,16-17,20H2,1-2H3,(H2-,44,45,46,48)/p+1/t25-,34-/m0/s1. The Morgan fingerprint density at radius 1 is 0.980 bits per heavy atom. The molecule has 3 aliphatic heterocycles. The lowest BCUT2D eigenvalue weighted by atomic mass is 9.82. The van der Waals surface area contributed by atoms with E-state index in [-0.39, 0.29) is 57.1 Å². The number of nitrogens with zero attached hydrogens (tertiary/aromatic N) is 3. The molecule has 3 fully saturated rings. The second-order valence-corrected chi connectivity index (χ2v) is 13.9. The van der Waals surface area contributed by atoms with Crippen LogP contribution in [0.15, 0.2) is 67.0 Å². The fourth-order valence-corrected chi connectivity index (χ4v) is 7.83. The van der Waals surface area contributed by atoms with Crippen LogP contribution in [0, 0.1) is 5.92 Å². The second-order valence-electron chi connectivity index (χ2n) is 12.7. The van der Waals surface area contributed by atoms with Crippen molar-refractivity contribution < 1.29 is 44.0 Å². The van der Waals surface area contributed by atoms with Gasteiger partial charge in [0, 0.05) is 22.8 Å². The van der Waals surface area contributed by atoms with Crippen LogP contribution in [0.3, 0.4) is 0 Å². The first-order chi connectivity index (χ1) is 24.5. The number of carboxylic acid groups (broad SMARTS) is 1. The predicted octanol–water partition coefficient (Wildman–Crippen LogP) is 7.20. The molecule has 268 valence electrons. The number of hydrogen-bond acceptors (Lipinski definition) is 8. The molecule has 4 heterocycles. The van der Waals surface area contributed by atoms with Gasteiger partial charge in [0.1, 0.15) is 26.9 Å². The molecule has 7 rings (SSSR count). The maximum absolute atomic E-state index is 14.0. The SMILES string of the molecule is COc1ccc([C@H](Cc2c(Cl)c[n+](O)cc2Cl)c2cc(CN(C(=O)O[C@H]3CN4CCC3CC4)c3cccc(O)c3Cl)ccc2C(=O)O)cc1OC. The van der Waals surface area contributed by atoms with Crippen molar-refractivity contribution in [1.29, 1.82) is 0 Å².